The number of rotatable bonds is 3. The molecule has 1 heterocycles. The van der Waals surface area contributed by atoms with Crippen LogP contribution in [0.25, 0.3) is 0 Å². The Hall–Kier alpha value is -0.360. The molecule has 1 aromatic heterocycles. The molecule has 2 rings (SSSR count). The van der Waals surface area contributed by atoms with E-state index in [1.807, 2.05) is 0 Å². The van der Waals surface area contributed by atoms with Crippen LogP contribution in [0.5, 0.6) is 10.9 Å². The summed E-state index contributed by atoms with van der Waals surface area (Å²) in [4.78, 5) is 4.64. The van der Waals surface area contributed by atoms with Gasteiger partial charge in [0.25, 0.3) is 5.19 Å². The molecule has 0 unspecified atom stereocenters. The Morgan fingerprint density at radius 1 is 1.47 bits per heavy atom. The molecule has 0 aliphatic heterocycles. The summed E-state index contributed by atoms with van der Waals surface area (Å²) in [6.45, 7) is 0. The number of aromatic nitrogens is 1. The molecule has 0 aliphatic rings. The first-order chi connectivity index (χ1) is 8.10. The van der Waals surface area contributed by atoms with Crippen LogP contribution in [0.2, 0.25) is 5.15 Å². The van der Waals surface area contributed by atoms with E-state index in [0.717, 1.165) is 0 Å². The summed E-state index contributed by atoms with van der Waals surface area (Å²) < 4.78 is 19.4. The van der Waals surface area contributed by atoms with Crippen LogP contribution in [0.15, 0.2) is 22.7 Å². The van der Waals surface area contributed by atoms with Crippen molar-refractivity contribution in [3.63, 3.8) is 0 Å². The third-order valence-corrected chi connectivity index (χ3v) is 4.12. The summed E-state index contributed by atoms with van der Waals surface area (Å²) in [5, 5.41) is 0.554. The van der Waals surface area contributed by atoms with Gasteiger partial charge in [0.05, 0.1) is 10.8 Å². The zero-order chi connectivity index (χ0) is 12.4. The third-order valence-electron chi connectivity index (χ3n) is 1.84. The molecule has 0 fully saturated rings. The molecule has 1 aromatic carbocycles. The summed E-state index contributed by atoms with van der Waals surface area (Å²) in [5.74, 6) is -0.126. The lowest BCUT2D eigenvalue weighted by molar-refractivity contribution is 0.439. The third kappa shape index (κ3) is 3.10. The highest BCUT2D eigenvalue weighted by Crippen LogP contribution is 2.34. The number of thiazole rings is 1. The molecule has 0 radical (unpaired) electrons. The van der Waals surface area contributed by atoms with Crippen LogP contribution in [0.3, 0.4) is 0 Å². The Morgan fingerprint density at radius 3 is 2.88 bits per heavy atom. The molecule has 0 saturated heterocycles. The van der Waals surface area contributed by atoms with E-state index in [1.165, 1.54) is 23.5 Å². The Kier molecular flexibility index (Phi) is 4.25. The Bertz CT molecular complexity index is 549. The second-order valence-electron chi connectivity index (χ2n) is 3.00. The quantitative estimate of drug-likeness (QED) is 0.702. The zero-order valence-corrected chi connectivity index (χ0v) is 12.1. The van der Waals surface area contributed by atoms with Gasteiger partial charge in [0, 0.05) is 4.47 Å². The first kappa shape index (κ1) is 13.1. The van der Waals surface area contributed by atoms with Gasteiger partial charge in [0.2, 0.25) is 0 Å². The van der Waals surface area contributed by atoms with Crippen molar-refractivity contribution in [2.75, 3.05) is 0 Å². The van der Waals surface area contributed by atoms with Gasteiger partial charge in [-0.15, -0.1) is 11.6 Å². The summed E-state index contributed by atoms with van der Waals surface area (Å²) in [7, 11) is 0. The van der Waals surface area contributed by atoms with Crippen molar-refractivity contribution in [2.24, 2.45) is 0 Å². The lowest BCUT2D eigenvalue weighted by atomic mass is 10.3. The standard InChI is InChI=1S/C10H5BrCl2FNOS/c11-5-1-2-6(14)7(3-5)16-10-15-9(13)8(4-12)17-10/h1-3H,4H2. The van der Waals surface area contributed by atoms with Gasteiger partial charge >= 0.3 is 0 Å². The van der Waals surface area contributed by atoms with E-state index in [0.29, 0.717) is 9.35 Å². The van der Waals surface area contributed by atoms with Gasteiger partial charge in [-0.3, -0.25) is 0 Å². The summed E-state index contributed by atoms with van der Waals surface area (Å²) in [5.41, 5.74) is 0. The number of hydrogen-bond donors (Lipinski definition) is 0. The maximum atomic E-state index is 13.4. The van der Waals surface area contributed by atoms with Crippen molar-refractivity contribution < 1.29 is 9.13 Å². The van der Waals surface area contributed by atoms with Crippen LogP contribution in [-0.2, 0) is 5.88 Å². The van der Waals surface area contributed by atoms with Crippen LogP contribution < -0.4 is 4.74 Å². The van der Waals surface area contributed by atoms with Crippen LogP contribution in [0, 0.1) is 5.82 Å². The summed E-state index contributed by atoms with van der Waals surface area (Å²) in [6.07, 6.45) is 0. The number of benzene rings is 1. The van der Waals surface area contributed by atoms with Crippen molar-refractivity contribution in [3.8, 4) is 10.9 Å². The molecule has 0 atom stereocenters. The highest BCUT2D eigenvalue weighted by Gasteiger charge is 2.12. The minimum Gasteiger partial charge on any atom is -0.428 e. The molecule has 7 heteroatoms. The van der Waals surface area contributed by atoms with Crippen LogP contribution in [0.1, 0.15) is 4.88 Å². The molecule has 2 nitrogen and oxygen atoms in total. The van der Waals surface area contributed by atoms with Gasteiger partial charge < -0.3 is 4.74 Å². The molecule has 0 amide bonds. The van der Waals surface area contributed by atoms with Crippen molar-refractivity contribution in [1.29, 1.82) is 0 Å². The molecule has 90 valence electrons. The number of nitrogens with zero attached hydrogens (tertiary/aromatic N) is 1. The van der Waals surface area contributed by atoms with Crippen LogP contribution >= 0.6 is 50.5 Å². The van der Waals surface area contributed by atoms with Crippen molar-refractivity contribution >= 4 is 50.5 Å². The molecule has 2 aromatic rings. The van der Waals surface area contributed by atoms with E-state index in [9.17, 15) is 4.39 Å². The zero-order valence-electron chi connectivity index (χ0n) is 8.21. The van der Waals surface area contributed by atoms with Gasteiger partial charge in [-0.05, 0) is 18.2 Å². The molecular weight excluding hydrogens is 352 g/mol. The average molecular weight is 357 g/mol. The second-order valence-corrected chi connectivity index (χ2v) is 5.59. The summed E-state index contributed by atoms with van der Waals surface area (Å²) in [6, 6.07) is 4.41. The highest BCUT2D eigenvalue weighted by atomic mass is 79.9. The normalized spacial score (nSPS) is 10.6. The average Bonchev–Trinajstić information content (AvgIpc) is 2.64. The minimum absolute atomic E-state index is 0.0888. The molecule has 0 aliphatic carbocycles. The van der Waals surface area contributed by atoms with Crippen molar-refractivity contribution in [2.45, 2.75) is 5.88 Å². The predicted octanol–water partition coefficient (Wildman–Crippen LogP) is 5.23. The summed E-state index contributed by atoms with van der Waals surface area (Å²) >= 11 is 15.9. The first-order valence-corrected chi connectivity index (χ1v) is 6.96. The molecule has 0 bridgehead atoms. The Morgan fingerprint density at radius 2 is 2.24 bits per heavy atom. The van der Waals surface area contributed by atoms with Crippen LogP contribution in [-0.4, -0.2) is 4.98 Å². The fraction of sp³-hybridized carbons (Fsp3) is 0.100. The maximum Gasteiger partial charge on any atom is 0.280 e. The fourth-order valence-electron chi connectivity index (χ4n) is 1.09. The number of halogens is 4. The van der Waals surface area contributed by atoms with E-state index >= 15 is 0 Å². The molecule has 0 spiro atoms. The van der Waals surface area contributed by atoms with Gasteiger partial charge in [-0.25, -0.2) is 4.39 Å². The lowest BCUT2D eigenvalue weighted by Gasteiger charge is -2.03. The second kappa shape index (κ2) is 5.52. The topological polar surface area (TPSA) is 22.1 Å². The minimum atomic E-state index is -0.466. The molecule has 0 saturated carbocycles. The molecular formula is C10H5BrCl2FNOS. The number of hydrogen-bond acceptors (Lipinski definition) is 3. The molecule has 17 heavy (non-hydrogen) atoms. The smallest absolute Gasteiger partial charge is 0.280 e. The highest BCUT2D eigenvalue weighted by molar-refractivity contribution is 9.10. The monoisotopic (exact) mass is 355 g/mol. The van der Waals surface area contributed by atoms with Crippen molar-refractivity contribution in [1.82, 2.24) is 4.98 Å². The van der Waals surface area contributed by atoms with E-state index in [2.05, 4.69) is 20.9 Å². The van der Waals surface area contributed by atoms with E-state index in [4.69, 9.17) is 27.9 Å². The van der Waals surface area contributed by atoms with Crippen LogP contribution in [0.4, 0.5) is 4.39 Å². The molecule has 0 N–H and O–H groups in total. The number of alkyl halides is 1. The van der Waals surface area contributed by atoms with Gasteiger partial charge in [-0.1, -0.05) is 38.9 Å². The van der Waals surface area contributed by atoms with Gasteiger partial charge in [0.1, 0.15) is 5.15 Å². The van der Waals surface area contributed by atoms with E-state index < -0.39 is 5.82 Å². The predicted molar refractivity (Wildman–Crippen MR) is 70.9 cm³/mol. The van der Waals surface area contributed by atoms with Gasteiger partial charge in [-0.2, -0.15) is 4.98 Å². The largest absolute Gasteiger partial charge is 0.428 e. The van der Waals surface area contributed by atoms with Crippen molar-refractivity contribution in [3.05, 3.63) is 38.5 Å². The van der Waals surface area contributed by atoms with E-state index in [1.54, 1.807) is 6.07 Å². The van der Waals surface area contributed by atoms with E-state index in [-0.39, 0.29) is 22.0 Å². The SMILES string of the molecule is Fc1ccc(Br)cc1Oc1nc(Cl)c(CCl)s1. The Labute approximate surface area is 119 Å². The van der Waals surface area contributed by atoms with Gasteiger partial charge in [0.15, 0.2) is 11.6 Å². The lowest BCUT2D eigenvalue weighted by Crippen LogP contribution is -1.87. The Balaban J connectivity index is 2.27. The maximum absolute atomic E-state index is 13.4. The first-order valence-electron chi connectivity index (χ1n) is 4.44. The number of ether oxygens (including phenoxy) is 1. The fourth-order valence-corrected chi connectivity index (χ4v) is 2.76.